The van der Waals surface area contributed by atoms with Crippen LogP contribution in [0.1, 0.15) is 91.0 Å². The Morgan fingerprint density at radius 3 is 1.56 bits per heavy atom. The number of rotatable bonds is 14. The van der Waals surface area contributed by atoms with Crippen LogP contribution in [0.15, 0.2) is 164 Å². The first-order chi connectivity index (χ1) is 38.3. The fraction of sp³-hybridized carbons (Fsp3) is 0.190. The third kappa shape index (κ3) is 17.7. The van der Waals surface area contributed by atoms with E-state index in [0.717, 1.165) is 92.6 Å². The lowest BCUT2D eigenvalue weighted by Gasteiger charge is -2.23. The van der Waals surface area contributed by atoms with Gasteiger partial charge < -0.3 is 31.5 Å². The predicted octanol–water partition coefficient (Wildman–Crippen LogP) is 17.3. The molecule has 0 aliphatic heterocycles. The van der Waals surface area contributed by atoms with E-state index in [0.29, 0.717) is 29.0 Å². The van der Waals surface area contributed by atoms with Gasteiger partial charge in [0.25, 0.3) is 23.4 Å². The average Bonchev–Trinajstić information content (AvgIpc) is 3.45. The van der Waals surface area contributed by atoms with E-state index in [1.807, 2.05) is 130 Å². The Kier molecular flexibility index (Phi) is 22.7. The van der Waals surface area contributed by atoms with Crippen molar-refractivity contribution in [2.45, 2.75) is 72.4 Å². The molecule has 9 rings (SSSR count). The van der Waals surface area contributed by atoms with Gasteiger partial charge in [-0.3, -0.25) is 24.5 Å². The Labute approximate surface area is 521 Å². The number of carbonyl (C=O) groups excluding carboxylic acids is 3. The molecular weight excluding hydrogens is 1460 g/mol. The minimum atomic E-state index is -0.503. The van der Waals surface area contributed by atoms with E-state index in [9.17, 15) is 28.9 Å². The Balaban J connectivity index is 0.000000174. The molecule has 1 aliphatic carbocycles. The first-order valence-electron chi connectivity index (χ1n) is 25.8. The lowest BCUT2D eigenvalue weighted by molar-refractivity contribution is -0.384. The second kappa shape index (κ2) is 29.5. The summed E-state index contributed by atoms with van der Waals surface area (Å²) in [5, 5.41) is 27.1. The molecule has 0 atom stereocenters. The molecule has 1 fully saturated rings. The zero-order valence-corrected chi connectivity index (χ0v) is 53.4. The zero-order valence-electron chi connectivity index (χ0n) is 44.7. The molecule has 0 radical (unpaired) electrons. The molecule has 8 aromatic rings. The zero-order chi connectivity index (χ0) is 57.5. The normalized spacial score (nSPS) is 11.9. The van der Waals surface area contributed by atoms with Gasteiger partial charge in [-0.1, -0.05) is 67.3 Å². The highest BCUT2D eigenvalue weighted by atomic mass is 127. The summed E-state index contributed by atoms with van der Waals surface area (Å²) in [6.45, 7) is 8.36. The highest BCUT2D eigenvalue weighted by Gasteiger charge is 2.22. The molecule has 0 unspecified atom stereocenters. The molecular formula is C63H60FI4N7O5. The monoisotopic (exact) mass is 1520 g/mol. The molecule has 1 saturated carbocycles. The summed E-state index contributed by atoms with van der Waals surface area (Å²) in [4.78, 5) is 51.1. The lowest BCUT2D eigenvalue weighted by atomic mass is 9.95. The van der Waals surface area contributed by atoms with E-state index in [1.54, 1.807) is 24.1 Å². The molecule has 3 amide bonds. The number of hydrogen-bond donors (Lipinski definition) is 5. The largest absolute Gasteiger partial charge is 0.355 e. The Bertz CT molecular complexity index is 3520. The second-order valence-electron chi connectivity index (χ2n) is 19.3. The van der Waals surface area contributed by atoms with Gasteiger partial charge in [0.15, 0.2) is 0 Å². The number of nitro benzene ring substituents is 1. The number of nitrogens with zero attached hydrogens (tertiary/aromatic N) is 2. The van der Waals surface area contributed by atoms with E-state index in [1.165, 1.54) is 34.3 Å². The fourth-order valence-electron chi connectivity index (χ4n) is 8.85. The first kappa shape index (κ1) is 61.4. The van der Waals surface area contributed by atoms with Crippen LogP contribution in [0.2, 0.25) is 0 Å². The van der Waals surface area contributed by atoms with Crippen molar-refractivity contribution in [2.75, 3.05) is 27.9 Å². The van der Waals surface area contributed by atoms with Crippen molar-refractivity contribution in [3.8, 4) is 0 Å². The number of nitrogens with one attached hydrogen (secondary N) is 5. The summed E-state index contributed by atoms with van der Waals surface area (Å²) in [7, 11) is 1.80. The smallest absolute Gasteiger partial charge is 0.270 e. The van der Waals surface area contributed by atoms with E-state index in [2.05, 4.69) is 142 Å². The summed E-state index contributed by atoms with van der Waals surface area (Å²) in [6.07, 6.45) is 5.51. The van der Waals surface area contributed by atoms with Gasteiger partial charge in [0, 0.05) is 68.8 Å². The SMILES string of the molecule is Cc1cc(I)ccc1Nc1ccc(F)cc1C(=O)NC1CCCCC1.Cc1cc(I)ccc1Nc1ccc(I)cc1C(=O)N(C)c1ccccc1.Cc1cccc(CNC(=O)c2cc([N+](=O)[O-])ccc2Nc2ccc(I)cc2C)c1. The third-order valence-corrected chi connectivity index (χ3v) is 15.9. The number of hydrogen-bond acceptors (Lipinski definition) is 8. The van der Waals surface area contributed by atoms with E-state index < -0.39 is 10.7 Å². The highest BCUT2D eigenvalue weighted by molar-refractivity contribution is 14.1. The van der Waals surface area contributed by atoms with Crippen molar-refractivity contribution in [2.24, 2.45) is 0 Å². The van der Waals surface area contributed by atoms with Gasteiger partial charge in [-0.15, -0.1) is 0 Å². The van der Waals surface area contributed by atoms with Crippen molar-refractivity contribution in [1.29, 1.82) is 0 Å². The Morgan fingerprint density at radius 1 is 0.550 bits per heavy atom. The molecule has 0 heterocycles. The van der Waals surface area contributed by atoms with Gasteiger partial charge >= 0.3 is 0 Å². The number of carbonyl (C=O) groups is 3. The minimum Gasteiger partial charge on any atom is -0.355 e. The molecule has 0 bridgehead atoms. The number of para-hydroxylation sites is 1. The molecule has 5 N–H and O–H groups in total. The average molecular weight is 1520 g/mol. The maximum Gasteiger partial charge on any atom is 0.270 e. The van der Waals surface area contributed by atoms with Gasteiger partial charge in [-0.25, -0.2) is 4.39 Å². The van der Waals surface area contributed by atoms with E-state index in [4.69, 9.17) is 0 Å². The number of non-ortho nitro benzene ring substituents is 1. The van der Waals surface area contributed by atoms with Crippen molar-refractivity contribution in [1.82, 2.24) is 10.6 Å². The molecule has 80 heavy (non-hydrogen) atoms. The number of amides is 3. The first-order valence-corrected chi connectivity index (χ1v) is 30.1. The predicted molar refractivity (Wildman–Crippen MR) is 356 cm³/mol. The van der Waals surface area contributed by atoms with Crippen LogP contribution in [0.5, 0.6) is 0 Å². The minimum absolute atomic E-state index is 0.0413. The van der Waals surface area contributed by atoms with Crippen LogP contribution in [0.25, 0.3) is 0 Å². The van der Waals surface area contributed by atoms with Crippen molar-refractivity contribution < 1.29 is 23.7 Å². The lowest BCUT2D eigenvalue weighted by Crippen LogP contribution is -2.36. The topological polar surface area (TPSA) is 158 Å². The van der Waals surface area contributed by atoms with Gasteiger partial charge in [0.05, 0.1) is 38.7 Å². The highest BCUT2D eigenvalue weighted by Crippen LogP contribution is 2.31. The van der Waals surface area contributed by atoms with Crippen LogP contribution < -0.4 is 31.5 Å². The molecule has 8 aromatic carbocycles. The van der Waals surface area contributed by atoms with Crippen LogP contribution in [0, 0.1) is 57.9 Å². The summed E-state index contributed by atoms with van der Waals surface area (Å²) in [5.74, 6) is -1.03. The van der Waals surface area contributed by atoms with Gasteiger partial charge in [0.1, 0.15) is 5.82 Å². The molecule has 12 nitrogen and oxygen atoms in total. The van der Waals surface area contributed by atoms with E-state index in [-0.39, 0.29) is 35.0 Å². The molecule has 1 aliphatic rings. The van der Waals surface area contributed by atoms with Crippen LogP contribution >= 0.6 is 90.4 Å². The second-order valence-corrected chi connectivity index (χ2v) is 24.3. The molecule has 17 heteroatoms. The number of benzene rings is 8. The van der Waals surface area contributed by atoms with Gasteiger partial charge in [-0.2, -0.15) is 0 Å². The van der Waals surface area contributed by atoms with Gasteiger partial charge in [-0.05, 0) is 262 Å². The third-order valence-electron chi connectivity index (χ3n) is 13.2. The molecule has 0 aromatic heterocycles. The summed E-state index contributed by atoms with van der Waals surface area (Å²) in [5.41, 5.74) is 12.0. The van der Waals surface area contributed by atoms with Crippen LogP contribution in [-0.2, 0) is 6.54 Å². The van der Waals surface area contributed by atoms with Crippen molar-refractivity contribution in [3.05, 3.63) is 239 Å². The summed E-state index contributed by atoms with van der Waals surface area (Å²) >= 11 is 9.03. The summed E-state index contributed by atoms with van der Waals surface area (Å²) in [6, 6.07) is 50.3. The van der Waals surface area contributed by atoms with Crippen molar-refractivity contribution in [3.63, 3.8) is 0 Å². The molecule has 412 valence electrons. The maximum atomic E-state index is 13.7. The molecule has 0 saturated heterocycles. The standard InChI is InChI=1S/C22H20IN3O3.C21H18I2N2O.C20H22FIN2O/c1-14-4-3-5-16(10-14)13-24-22(27)19-12-18(26(28)29)7-9-21(19)25-20-8-6-17(23)11-15(20)2;1-14-12-15(22)8-10-19(14)24-20-11-9-16(23)13-18(20)21(26)25(2)17-6-4-3-5-7-17;1-13-11-15(22)8-10-18(13)24-19-9-7-14(21)12-17(19)20(25)23-16-5-3-2-4-6-16/h3-12,25H,13H2,1-2H3,(H,24,27);3-13,24H,1-2H3;7-12,16,24H,2-6H2,1H3,(H,23,25). The Morgan fingerprint density at radius 2 is 1.04 bits per heavy atom. The maximum absolute atomic E-state index is 13.7. The quantitative estimate of drug-likeness (QED) is 0.0409. The Hall–Kier alpha value is -6.18. The van der Waals surface area contributed by atoms with Gasteiger partial charge in [0.2, 0.25) is 0 Å². The van der Waals surface area contributed by atoms with E-state index >= 15 is 0 Å². The number of aryl methyl sites for hydroxylation is 4. The number of nitro groups is 1. The fourth-order valence-corrected chi connectivity index (χ4v) is 11.3. The van der Waals surface area contributed by atoms with Crippen LogP contribution in [-0.4, -0.2) is 35.7 Å². The van der Waals surface area contributed by atoms with Crippen molar-refractivity contribution >= 4 is 154 Å². The molecule has 0 spiro atoms. The number of anilines is 7. The van der Waals surface area contributed by atoms with Crippen LogP contribution in [0.4, 0.5) is 49.9 Å². The van der Waals surface area contributed by atoms with Crippen LogP contribution in [0.3, 0.4) is 0 Å². The number of halogens is 5. The summed E-state index contributed by atoms with van der Waals surface area (Å²) < 4.78 is 18.2.